The Labute approximate surface area is 86.7 Å². The monoisotopic (exact) mass is 205 g/mol. The minimum atomic E-state index is 1.15. The minimum Gasteiger partial charge on any atom is -0.303 e. The van der Waals surface area contributed by atoms with Crippen molar-refractivity contribution in [2.45, 2.75) is 0 Å². The van der Waals surface area contributed by atoms with Crippen molar-refractivity contribution in [3.05, 3.63) is 29.4 Å². The molecule has 0 saturated carbocycles. The molecule has 2 aromatic rings. The van der Waals surface area contributed by atoms with Crippen molar-refractivity contribution < 1.29 is 0 Å². The third-order valence-corrected chi connectivity index (χ3v) is 2.78. The first kappa shape index (κ1) is 9.15. The lowest BCUT2D eigenvalue weighted by atomic mass is 10.3. The first-order chi connectivity index (χ1) is 6.75. The van der Waals surface area contributed by atoms with E-state index in [1.165, 1.54) is 10.1 Å². The van der Waals surface area contributed by atoms with Gasteiger partial charge in [-0.25, -0.2) is 0 Å². The van der Waals surface area contributed by atoms with Crippen molar-refractivity contribution in [1.82, 2.24) is 9.99 Å². The Hall–Kier alpha value is -1.42. The van der Waals surface area contributed by atoms with Gasteiger partial charge in [0.2, 0.25) is 0 Å². The van der Waals surface area contributed by atoms with Crippen LogP contribution >= 0.6 is 11.3 Å². The molecular weight excluding hydrogens is 194 g/mol. The summed E-state index contributed by atoms with van der Waals surface area (Å²) in [6.45, 7) is 0. The van der Waals surface area contributed by atoms with Crippen LogP contribution in [-0.2, 0) is 0 Å². The molecule has 0 radical (unpaired) electrons. The molecular formula is C10H11N3S. The minimum absolute atomic E-state index is 1.15. The Balaban J connectivity index is 2.36. The third-order valence-electron chi connectivity index (χ3n) is 1.76. The molecule has 0 aliphatic rings. The molecule has 0 aromatic carbocycles. The van der Waals surface area contributed by atoms with Gasteiger partial charge in [-0.15, -0.1) is 11.3 Å². The van der Waals surface area contributed by atoms with Gasteiger partial charge in [0.25, 0.3) is 0 Å². The molecule has 2 rings (SSSR count). The highest BCUT2D eigenvalue weighted by atomic mass is 32.1. The highest BCUT2D eigenvalue weighted by Gasteiger charge is 1.98. The number of rotatable bonds is 2. The van der Waals surface area contributed by atoms with E-state index in [-0.39, 0.29) is 0 Å². The zero-order valence-electron chi connectivity index (χ0n) is 8.14. The summed E-state index contributed by atoms with van der Waals surface area (Å²) in [6.07, 6.45) is 5.56. The van der Waals surface area contributed by atoms with Crippen molar-refractivity contribution in [3.8, 4) is 0 Å². The highest BCUT2D eigenvalue weighted by Crippen LogP contribution is 2.22. The molecule has 0 saturated heterocycles. The number of nitrogens with zero attached hydrogens (tertiary/aromatic N) is 3. The Morgan fingerprint density at radius 1 is 1.50 bits per heavy atom. The predicted molar refractivity (Wildman–Crippen MR) is 60.9 cm³/mol. The number of hydrazone groups is 1. The van der Waals surface area contributed by atoms with E-state index in [1.807, 2.05) is 38.8 Å². The van der Waals surface area contributed by atoms with Crippen molar-refractivity contribution >= 4 is 27.6 Å². The molecule has 0 fully saturated rings. The van der Waals surface area contributed by atoms with Gasteiger partial charge in [-0.2, -0.15) is 5.10 Å². The lowest BCUT2D eigenvalue weighted by Crippen LogP contribution is -2.01. The maximum atomic E-state index is 4.19. The van der Waals surface area contributed by atoms with Crippen molar-refractivity contribution in [2.24, 2.45) is 5.10 Å². The highest BCUT2D eigenvalue weighted by molar-refractivity contribution is 7.20. The molecule has 0 aliphatic carbocycles. The molecule has 72 valence electrons. The summed E-state index contributed by atoms with van der Waals surface area (Å²) in [7, 11) is 3.82. The number of thiophene rings is 1. The van der Waals surface area contributed by atoms with E-state index in [4.69, 9.17) is 0 Å². The van der Waals surface area contributed by atoms with Gasteiger partial charge in [-0.3, -0.25) is 4.98 Å². The normalized spacial score (nSPS) is 11.3. The number of fused-ring (bicyclic) bond motifs is 1. The number of pyridine rings is 1. The summed E-state index contributed by atoms with van der Waals surface area (Å²) in [5.74, 6) is 0. The summed E-state index contributed by atoms with van der Waals surface area (Å²) in [5.41, 5.74) is 0. The van der Waals surface area contributed by atoms with Gasteiger partial charge in [-0.05, 0) is 17.5 Å². The topological polar surface area (TPSA) is 28.5 Å². The first-order valence-electron chi connectivity index (χ1n) is 4.30. The maximum absolute atomic E-state index is 4.19. The molecule has 3 nitrogen and oxygen atoms in total. The largest absolute Gasteiger partial charge is 0.303 e. The lowest BCUT2D eigenvalue weighted by Gasteiger charge is -2.00. The van der Waals surface area contributed by atoms with Crippen molar-refractivity contribution in [1.29, 1.82) is 0 Å². The van der Waals surface area contributed by atoms with Crippen LogP contribution in [0.15, 0.2) is 29.6 Å². The van der Waals surface area contributed by atoms with Crippen molar-refractivity contribution in [2.75, 3.05) is 14.1 Å². The zero-order chi connectivity index (χ0) is 9.97. The van der Waals surface area contributed by atoms with E-state index in [0.717, 1.165) is 4.88 Å². The molecule has 14 heavy (non-hydrogen) atoms. The summed E-state index contributed by atoms with van der Waals surface area (Å²) in [5, 5.41) is 7.20. The van der Waals surface area contributed by atoms with E-state index < -0.39 is 0 Å². The molecule has 0 aliphatic heterocycles. The predicted octanol–water partition coefficient (Wildman–Crippen LogP) is 2.19. The molecule has 0 N–H and O–H groups in total. The molecule has 0 atom stereocenters. The van der Waals surface area contributed by atoms with Gasteiger partial charge in [0.15, 0.2) is 0 Å². The fraction of sp³-hybridized carbons (Fsp3) is 0.200. The average molecular weight is 205 g/mol. The number of hydrogen-bond donors (Lipinski definition) is 0. The number of hydrogen-bond acceptors (Lipinski definition) is 4. The van der Waals surface area contributed by atoms with Gasteiger partial charge < -0.3 is 5.01 Å². The maximum Gasteiger partial charge on any atom is 0.0642 e. The van der Waals surface area contributed by atoms with Crippen LogP contribution in [0.2, 0.25) is 0 Å². The smallest absolute Gasteiger partial charge is 0.0642 e. The van der Waals surface area contributed by atoms with Gasteiger partial charge in [-0.1, -0.05) is 0 Å². The summed E-state index contributed by atoms with van der Waals surface area (Å²) < 4.78 is 1.20. The fourth-order valence-electron chi connectivity index (χ4n) is 1.14. The van der Waals surface area contributed by atoms with E-state index in [2.05, 4.69) is 16.2 Å². The van der Waals surface area contributed by atoms with Gasteiger partial charge in [0.05, 0.1) is 10.9 Å². The lowest BCUT2D eigenvalue weighted by molar-refractivity contribution is 0.440. The Morgan fingerprint density at radius 2 is 2.36 bits per heavy atom. The van der Waals surface area contributed by atoms with Crippen molar-refractivity contribution in [3.63, 3.8) is 0 Å². The fourth-order valence-corrected chi connectivity index (χ4v) is 2.04. The second-order valence-electron chi connectivity index (χ2n) is 3.15. The molecule has 2 heterocycles. The summed E-state index contributed by atoms with van der Waals surface area (Å²) in [4.78, 5) is 5.23. The zero-order valence-corrected chi connectivity index (χ0v) is 8.95. The van der Waals surface area contributed by atoms with E-state index in [0.29, 0.717) is 0 Å². The quantitative estimate of drug-likeness (QED) is 0.555. The molecule has 2 aromatic heterocycles. The Bertz CT molecular complexity index is 426. The standard InChI is InChI=1S/C10H11N3S/c1-13(2)12-6-9-5-8-3-4-11-7-10(8)14-9/h3-7H,1-2H3/b12-6+. The van der Waals surface area contributed by atoms with Crippen LogP contribution in [0.5, 0.6) is 0 Å². The first-order valence-corrected chi connectivity index (χ1v) is 5.12. The van der Waals surface area contributed by atoms with Gasteiger partial charge >= 0.3 is 0 Å². The third kappa shape index (κ3) is 1.90. The molecule has 4 heteroatoms. The van der Waals surface area contributed by atoms with Crippen LogP contribution < -0.4 is 0 Å². The summed E-state index contributed by atoms with van der Waals surface area (Å²) >= 11 is 1.70. The average Bonchev–Trinajstić information content (AvgIpc) is 2.57. The van der Waals surface area contributed by atoms with Crippen LogP contribution in [0.1, 0.15) is 4.88 Å². The molecule has 0 amide bonds. The second kappa shape index (κ2) is 3.75. The number of aromatic nitrogens is 1. The van der Waals surface area contributed by atoms with Crippen LogP contribution in [0.25, 0.3) is 10.1 Å². The summed E-state index contributed by atoms with van der Waals surface area (Å²) in [6, 6.07) is 4.13. The Morgan fingerprint density at radius 3 is 3.07 bits per heavy atom. The Kier molecular flexibility index (Phi) is 2.45. The molecule has 0 unspecified atom stereocenters. The van der Waals surface area contributed by atoms with E-state index in [1.54, 1.807) is 16.3 Å². The van der Waals surface area contributed by atoms with Crippen LogP contribution in [0.4, 0.5) is 0 Å². The van der Waals surface area contributed by atoms with Crippen LogP contribution in [-0.4, -0.2) is 30.3 Å². The van der Waals surface area contributed by atoms with Gasteiger partial charge in [0, 0.05) is 31.4 Å². The van der Waals surface area contributed by atoms with E-state index >= 15 is 0 Å². The van der Waals surface area contributed by atoms with E-state index in [9.17, 15) is 0 Å². The molecule has 0 spiro atoms. The SMILES string of the molecule is CN(C)/N=C/c1cc2ccncc2s1. The second-order valence-corrected chi connectivity index (χ2v) is 4.27. The van der Waals surface area contributed by atoms with Crippen LogP contribution in [0.3, 0.4) is 0 Å². The van der Waals surface area contributed by atoms with Gasteiger partial charge in [0.1, 0.15) is 0 Å². The molecule has 0 bridgehead atoms. The van der Waals surface area contributed by atoms with Crippen LogP contribution in [0, 0.1) is 0 Å².